The molecular weight excluding hydrogens is 397 g/mol. The third kappa shape index (κ3) is 4.33. The van der Waals surface area contributed by atoms with Crippen molar-refractivity contribution in [1.29, 1.82) is 0 Å². The quantitative estimate of drug-likeness (QED) is 0.652. The summed E-state index contributed by atoms with van der Waals surface area (Å²) in [7, 11) is -3.27. The number of aromatic nitrogens is 4. The van der Waals surface area contributed by atoms with Gasteiger partial charge in [-0.25, -0.2) is 26.9 Å². The molecule has 0 atom stereocenters. The van der Waals surface area contributed by atoms with Crippen molar-refractivity contribution in [3.05, 3.63) is 70.8 Å². The fourth-order valence-electron chi connectivity index (χ4n) is 2.78. The van der Waals surface area contributed by atoms with E-state index in [9.17, 15) is 17.6 Å². The number of nitrogens with zero attached hydrogens (tertiary/aromatic N) is 4. The second-order valence-electron chi connectivity index (χ2n) is 6.57. The smallest absolute Gasteiger partial charge is 0.327 e. The van der Waals surface area contributed by atoms with Gasteiger partial charge in [0.25, 0.3) is 0 Å². The summed E-state index contributed by atoms with van der Waals surface area (Å²) in [5.74, 6) is 0. The molecule has 0 aliphatic carbocycles. The molecule has 1 aromatic carbocycles. The molecular formula is C19H20FN5O3S. The molecule has 0 saturated heterocycles. The van der Waals surface area contributed by atoms with Gasteiger partial charge in [-0.05, 0) is 36.3 Å². The molecule has 3 rings (SSSR count). The van der Waals surface area contributed by atoms with Crippen molar-refractivity contribution in [3.8, 4) is 16.9 Å². The SMILES string of the molecule is Cc1cc(-c2ccc(S(C)(=O)=O)cc2)ncc1-n1cnn(C/C(=C/F)CN)c1=O. The van der Waals surface area contributed by atoms with Gasteiger partial charge in [0.2, 0.25) is 0 Å². The highest BCUT2D eigenvalue weighted by atomic mass is 32.2. The first-order chi connectivity index (χ1) is 13.7. The summed E-state index contributed by atoms with van der Waals surface area (Å²) in [6.45, 7) is 1.78. The Labute approximate surface area is 167 Å². The predicted octanol–water partition coefficient (Wildman–Crippen LogP) is 1.62. The Morgan fingerprint density at radius 3 is 2.52 bits per heavy atom. The van der Waals surface area contributed by atoms with E-state index in [4.69, 9.17) is 5.73 Å². The van der Waals surface area contributed by atoms with Crippen molar-refractivity contribution in [2.45, 2.75) is 18.4 Å². The van der Waals surface area contributed by atoms with Gasteiger partial charge in [0, 0.05) is 18.4 Å². The highest BCUT2D eigenvalue weighted by molar-refractivity contribution is 7.90. The van der Waals surface area contributed by atoms with Crippen LogP contribution in [0.4, 0.5) is 4.39 Å². The van der Waals surface area contributed by atoms with Crippen LogP contribution in [-0.2, 0) is 16.4 Å². The third-order valence-electron chi connectivity index (χ3n) is 4.42. The minimum atomic E-state index is -3.27. The van der Waals surface area contributed by atoms with Gasteiger partial charge in [-0.2, -0.15) is 5.10 Å². The van der Waals surface area contributed by atoms with E-state index in [1.54, 1.807) is 18.2 Å². The van der Waals surface area contributed by atoms with Gasteiger partial charge < -0.3 is 5.73 Å². The number of hydrogen-bond donors (Lipinski definition) is 1. The second-order valence-corrected chi connectivity index (χ2v) is 8.58. The normalized spacial score (nSPS) is 12.3. The molecule has 29 heavy (non-hydrogen) atoms. The Balaban J connectivity index is 1.93. The number of nitrogens with two attached hydrogens (primary N) is 1. The molecule has 0 saturated carbocycles. The van der Waals surface area contributed by atoms with E-state index < -0.39 is 15.5 Å². The average Bonchev–Trinajstić information content (AvgIpc) is 3.05. The van der Waals surface area contributed by atoms with E-state index >= 15 is 0 Å². The van der Waals surface area contributed by atoms with Crippen molar-refractivity contribution in [2.24, 2.45) is 5.73 Å². The van der Waals surface area contributed by atoms with E-state index in [0.29, 0.717) is 17.7 Å². The molecule has 0 aliphatic heterocycles. The average molecular weight is 417 g/mol. The maximum absolute atomic E-state index is 12.7. The second kappa shape index (κ2) is 8.10. The molecule has 0 radical (unpaired) electrons. The van der Waals surface area contributed by atoms with Crippen molar-refractivity contribution in [3.63, 3.8) is 0 Å². The molecule has 2 aromatic heterocycles. The lowest BCUT2D eigenvalue weighted by molar-refractivity contribution is 0.602. The molecule has 2 heterocycles. The molecule has 0 aliphatic rings. The summed E-state index contributed by atoms with van der Waals surface area (Å²) in [6.07, 6.45) is 4.41. The number of hydrogen-bond acceptors (Lipinski definition) is 6. The third-order valence-corrected chi connectivity index (χ3v) is 5.55. The Bertz CT molecular complexity index is 1230. The molecule has 2 N–H and O–H groups in total. The van der Waals surface area contributed by atoms with Gasteiger partial charge in [0.1, 0.15) is 6.33 Å². The van der Waals surface area contributed by atoms with Crippen LogP contribution >= 0.6 is 0 Å². The topological polar surface area (TPSA) is 113 Å². The van der Waals surface area contributed by atoms with Crippen LogP contribution in [0.15, 0.2) is 64.4 Å². The summed E-state index contributed by atoms with van der Waals surface area (Å²) in [6, 6.07) is 8.20. The number of sulfone groups is 1. The van der Waals surface area contributed by atoms with Gasteiger partial charge in [0.15, 0.2) is 9.84 Å². The van der Waals surface area contributed by atoms with Crippen molar-refractivity contribution >= 4 is 9.84 Å². The first kappa shape index (κ1) is 20.6. The zero-order valence-corrected chi connectivity index (χ0v) is 16.7. The fourth-order valence-corrected chi connectivity index (χ4v) is 3.41. The molecule has 3 aromatic rings. The number of pyridine rings is 1. The predicted molar refractivity (Wildman–Crippen MR) is 107 cm³/mol. The highest BCUT2D eigenvalue weighted by Gasteiger charge is 2.13. The first-order valence-corrected chi connectivity index (χ1v) is 10.5. The number of halogens is 1. The first-order valence-electron chi connectivity index (χ1n) is 8.64. The Kier molecular flexibility index (Phi) is 5.76. The molecule has 0 fully saturated rings. The summed E-state index contributed by atoms with van der Waals surface area (Å²) in [5, 5.41) is 4.00. The summed E-state index contributed by atoms with van der Waals surface area (Å²) in [5.41, 5.74) is 7.93. The van der Waals surface area contributed by atoms with E-state index in [1.165, 1.54) is 29.2 Å². The van der Waals surface area contributed by atoms with Crippen LogP contribution in [0.25, 0.3) is 16.9 Å². The largest absolute Gasteiger partial charge is 0.350 e. The van der Waals surface area contributed by atoms with Gasteiger partial charge >= 0.3 is 5.69 Å². The van der Waals surface area contributed by atoms with Crippen molar-refractivity contribution in [1.82, 2.24) is 19.3 Å². The lowest BCUT2D eigenvalue weighted by Crippen LogP contribution is -2.26. The minimum Gasteiger partial charge on any atom is -0.327 e. The van der Waals surface area contributed by atoms with Crippen LogP contribution in [0.2, 0.25) is 0 Å². The highest BCUT2D eigenvalue weighted by Crippen LogP contribution is 2.22. The Morgan fingerprint density at radius 1 is 1.28 bits per heavy atom. The van der Waals surface area contributed by atoms with Gasteiger partial charge in [-0.1, -0.05) is 12.1 Å². The monoisotopic (exact) mass is 417 g/mol. The lowest BCUT2D eigenvalue weighted by Gasteiger charge is -2.08. The lowest BCUT2D eigenvalue weighted by atomic mass is 10.1. The number of rotatable bonds is 6. The van der Waals surface area contributed by atoms with Crippen LogP contribution in [0, 0.1) is 6.92 Å². The van der Waals surface area contributed by atoms with E-state index in [1.807, 2.05) is 6.92 Å². The number of aryl methyl sites for hydroxylation is 1. The maximum atomic E-state index is 12.7. The van der Waals surface area contributed by atoms with Gasteiger partial charge in [-0.3, -0.25) is 4.98 Å². The summed E-state index contributed by atoms with van der Waals surface area (Å²) < 4.78 is 38.4. The van der Waals surface area contributed by atoms with E-state index in [0.717, 1.165) is 22.1 Å². The van der Waals surface area contributed by atoms with E-state index in [-0.39, 0.29) is 23.6 Å². The van der Waals surface area contributed by atoms with Crippen LogP contribution < -0.4 is 11.4 Å². The van der Waals surface area contributed by atoms with Gasteiger partial charge in [0.05, 0.1) is 35.3 Å². The molecule has 0 bridgehead atoms. The number of benzene rings is 1. The summed E-state index contributed by atoms with van der Waals surface area (Å²) >= 11 is 0. The maximum Gasteiger partial charge on any atom is 0.350 e. The molecule has 8 nitrogen and oxygen atoms in total. The molecule has 0 unspecified atom stereocenters. The van der Waals surface area contributed by atoms with Crippen LogP contribution in [-0.4, -0.2) is 40.5 Å². The van der Waals surface area contributed by atoms with Gasteiger partial charge in [-0.15, -0.1) is 0 Å². The molecule has 0 spiro atoms. The molecule has 10 heteroatoms. The summed E-state index contributed by atoms with van der Waals surface area (Å²) in [4.78, 5) is 17.2. The zero-order chi connectivity index (χ0) is 21.2. The Hall–Kier alpha value is -3.11. The fraction of sp³-hybridized carbons (Fsp3) is 0.211. The van der Waals surface area contributed by atoms with Crippen LogP contribution in [0.5, 0.6) is 0 Å². The molecule has 0 amide bonds. The van der Waals surface area contributed by atoms with E-state index in [2.05, 4.69) is 10.1 Å². The minimum absolute atomic E-state index is 0.0107. The standard InChI is InChI=1S/C19H20FN5O3S/c1-13-7-17(15-3-5-16(6-4-15)29(2,27)28)22-10-18(13)24-12-23-25(19(24)26)11-14(8-20)9-21/h3-8,10,12H,9,11,21H2,1-2H3/b14-8+. The van der Waals surface area contributed by atoms with Crippen molar-refractivity contribution in [2.75, 3.05) is 12.8 Å². The van der Waals surface area contributed by atoms with Crippen molar-refractivity contribution < 1.29 is 12.8 Å². The van der Waals surface area contributed by atoms with Crippen LogP contribution in [0.3, 0.4) is 0 Å². The molecule has 152 valence electrons. The zero-order valence-electron chi connectivity index (χ0n) is 15.9. The Morgan fingerprint density at radius 2 is 1.97 bits per heavy atom. The van der Waals surface area contributed by atoms with Crippen LogP contribution in [0.1, 0.15) is 5.56 Å².